The van der Waals surface area contributed by atoms with Crippen molar-refractivity contribution in [3.63, 3.8) is 0 Å². The molecule has 0 aromatic heterocycles. The van der Waals surface area contributed by atoms with Gasteiger partial charge in [0.2, 0.25) is 0 Å². The van der Waals surface area contributed by atoms with Crippen molar-refractivity contribution < 1.29 is 24.5 Å². The molecule has 0 radical (unpaired) electrons. The number of ketones is 1. The maximum Gasteiger partial charge on any atom is 0.295 e. The van der Waals surface area contributed by atoms with E-state index in [9.17, 15) is 19.8 Å². The number of aliphatic hydroxyl groups is 1. The second-order valence-corrected chi connectivity index (χ2v) is 8.69. The van der Waals surface area contributed by atoms with Crippen LogP contribution in [0.5, 0.6) is 11.5 Å². The molecule has 5 rings (SSSR count). The quantitative estimate of drug-likeness (QED) is 0.436. The second kappa shape index (κ2) is 7.89. The minimum absolute atomic E-state index is 0.0482. The SMILES string of the molecule is CN1CCOc2ccc(/C(O)=C3/C(=O)C(=O)N(C4CCCC4)C3c3cccc(O)c3)cc21. The number of nitrogens with zero attached hydrogens (tertiary/aromatic N) is 2. The number of rotatable bonds is 3. The van der Waals surface area contributed by atoms with Gasteiger partial charge < -0.3 is 24.7 Å². The number of carbonyl (C=O) groups excluding carboxylic acids is 2. The van der Waals surface area contributed by atoms with E-state index >= 15 is 0 Å². The Balaban J connectivity index is 1.66. The van der Waals surface area contributed by atoms with E-state index in [1.807, 2.05) is 11.9 Å². The van der Waals surface area contributed by atoms with E-state index in [0.717, 1.165) is 31.4 Å². The summed E-state index contributed by atoms with van der Waals surface area (Å²) < 4.78 is 5.68. The Morgan fingerprint density at radius 3 is 2.62 bits per heavy atom. The minimum Gasteiger partial charge on any atom is -0.508 e. The zero-order chi connectivity index (χ0) is 22.4. The van der Waals surface area contributed by atoms with Crippen molar-refractivity contribution in [2.45, 2.75) is 37.8 Å². The summed E-state index contributed by atoms with van der Waals surface area (Å²) in [7, 11) is 1.94. The molecule has 1 unspecified atom stereocenters. The van der Waals surface area contributed by atoms with Gasteiger partial charge in [0, 0.05) is 18.7 Å². The van der Waals surface area contributed by atoms with Gasteiger partial charge in [0.1, 0.15) is 23.9 Å². The number of fused-ring (bicyclic) bond motifs is 1. The number of ether oxygens (including phenoxy) is 1. The summed E-state index contributed by atoms with van der Waals surface area (Å²) in [6, 6.07) is 11.0. The molecule has 166 valence electrons. The van der Waals surface area contributed by atoms with Crippen molar-refractivity contribution in [1.29, 1.82) is 0 Å². The third-order valence-electron chi connectivity index (χ3n) is 6.71. The monoisotopic (exact) mass is 434 g/mol. The van der Waals surface area contributed by atoms with Crippen molar-refractivity contribution in [2.24, 2.45) is 0 Å². The lowest BCUT2D eigenvalue weighted by atomic mass is 9.94. The number of Topliss-reactive ketones (excluding diaryl/α,β-unsaturated/α-hetero) is 1. The average Bonchev–Trinajstić information content (AvgIpc) is 3.40. The molecular formula is C25H26N2O5. The fourth-order valence-corrected chi connectivity index (χ4v) is 5.08. The van der Waals surface area contributed by atoms with E-state index < -0.39 is 17.7 Å². The molecule has 0 spiro atoms. The Morgan fingerprint density at radius 1 is 1.09 bits per heavy atom. The van der Waals surface area contributed by atoms with Crippen molar-refractivity contribution in [1.82, 2.24) is 4.90 Å². The molecule has 7 heteroatoms. The van der Waals surface area contributed by atoms with Crippen LogP contribution < -0.4 is 9.64 Å². The van der Waals surface area contributed by atoms with Gasteiger partial charge in [0.15, 0.2) is 0 Å². The molecule has 2 aromatic carbocycles. The lowest BCUT2D eigenvalue weighted by molar-refractivity contribution is -0.141. The van der Waals surface area contributed by atoms with Crippen LogP contribution in [-0.2, 0) is 9.59 Å². The van der Waals surface area contributed by atoms with E-state index in [1.54, 1.807) is 47.4 Å². The molecule has 2 aromatic rings. The normalized spacial score (nSPS) is 22.8. The highest BCUT2D eigenvalue weighted by atomic mass is 16.5. The van der Waals surface area contributed by atoms with Crippen molar-refractivity contribution in [3.05, 3.63) is 59.2 Å². The summed E-state index contributed by atoms with van der Waals surface area (Å²) in [6.07, 6.45) is 3.64. The van der Waals surface area contributed by atoms with Gasteiger partial charge in [-0.25, -0.2) is 0 Å². The van der Waals surface area contributed by atoms with Crippen LogP contribution in [0.15, 0.2) is 48.0 Å². The molecule has 1 atom stereocenters. The summed E-state index contributed by atoms with van der Waals surface area (Å²) >= 11 is 0. The Bertz CT molecular complexity index is 1120. The molecule has 1 saturated heterocycles. The van der Waals surface area contributed by atoms with Crippen LogP contribution in [0.4, 0.5) is 5.69 Å². The zero-order valence-electron chi connectivity index (χ0n) is 18.0. The number of aliphatic hydroxyl groups excluding tert-OH is 1. The van der Waals surface area contributed by atoms with Crippen molar-refractivity contribution in [3.8, 4) is 11.5 Å². The number of phenols is 1. The molecule has 7 nitrogen and oxygen atoms in total. The van der Waals surface area contributed by atoms with Crippen LogP contribution in [0.2, 0.25) is 0 Å². The van der Waals surface area contributed by atoms with E-state index in [4.69, 9.17) is 4.74 Å². The van der Waals surface area contributed by atoms with Gasteiger partial charge in [-0.3, -0.25) is 9.59 Å². The van der Waals surface area contributed by atoms with Gasteiger partial charge in [-0.1, -0.05) is 25.0 Å². The number of amides is 1. The fraction of sp³-hybridized carbons (Fsp3) is 0.360. The second-order valence-electron chi connectivity index (χ2n) is 8.69. The molecule has 32 heavy (non-hydrogen) atoms. The molecular weight excluding hydrogens is 408 g/mol. The highest BCUT2D eigenvalue weighted by Gasteiger charge is 2.49. The lowest BCUT2D eigenvalue weighted by Gasteiger charge is -2.31. The third-order valence-corrected chi connectivity index (χ3v) is 6.71. The average molecular weight is 434 g/mol. The number of benzene rings is 2. The maximum absolute atomic E-state index is 13.2. The smallest absolute Gasteiger partial charge is 0.295 e. The summed E-state index contributed by atoms with van der Waals surface area (Å²) in [4.78, 5) is 30.0. The van der Waals surface area contributed by atoms with Gasteiger partial charge >= 0.3 is 0 Å². The lowest BCUT2D eigenvalue weighted by Crippen LogP contribution is -2.37. The minimum atomic E-state index is -0.741. The third kappa shape index (κ3) is 3.28. The molecule has 1 saturated carbocycles. The number of phenolic OH excluding ortho intramolecular Hbond substituents is 1. The Labute approximate surface area is 186 Å². The summed E-state index contributed by atoms with van der Waals surface area (Å²) in [5.74, 6) is -0.729. The summed E-state index contributed by atoms with van der Waals surface area (Å²) in [5.41, 5.74) is 1.94. The van der Waals surface area contributed by atoms with Crippen LogP contribution in [-0.4, -0.2) is 53.0 Å². The molecule has 2 fully saturated rings. The fourth-order valence-electron chi connectivity index (χ4n) is 5.08. The first-order valence-electron chi connectivity index (χ1n) is 11.0. The Kier molecular flexibility index (Phi) is 5.04. The number of carbonyl (C=O) groups is 2. The molecule has 2 heterocycles. The predicted octanol–water partition coefficient (Wildman–Crippen LogP) is 3.59. The topological polar surface area (TPSA) is 90.3 Å². The van der Waals surface area contributed by atoms with Crippen molar-refractivity contribution >= 4 is 23.1 Å². The first kappa shape index (κ1) is 20.4. The number of likely N-dealkylation sites (N-methyl/N-ethyl adjacent to an activating group) is 1. The van der Waals surface area contributed by atoms with Crippen LogP contribution in [0, 0.1) is 0 Å². The largest absolute Gasteiger partial charge is 0.508 e. The van der Waals surface area contributed by atoms with Gasteiger partial charge in [-0.05, 0) is 48.7 Å². The zero-order valence-corrected chi connectivity index (χ0v) is 18.0. The van der Waals surface area contributed by atoms with Crippen LogP contribution in [0.3, 0.4) is 0 Å². The molecule has 3 aliphatic rings. The Morgan fingerprint density at radius 2 is 1.88 bits per heavy atom. The van der Waals surface area contributed by atoms with Gasteiger partial charge in [0.25, 0.3) is 11.7 Å². The first-order chi connectivity index (χ1) is 15.5. The van der Waals surface area contributed by atoms with Crippen LogP contribution >= 0.6 is 0 Å². The highest BCUT2D eigenvalue weighted by Crippen LogP contribution is 2.44. The van der Waals surface area contributed by atoms with Crippen molar-refractivity contribution in [2.75, 3.05) is 25.1 Å². The molecule has 2 N–H and O–H groups in total. The van der Waals surface area contributed by atoms with E-state index in [2.05, 4.69) is 0 Å². The number of likely N-dealkylation sites (tertiary alicyclic amines) is 1. The van der Waals surface area contributed by atoms with E-state index in [-0.39, 0.29) is 23.1 Å². The maximum atomic E-state index is 13.2. The molecule has 1 amide bonds. The molecule has 2 aliphatic heterocycles. The highest BCUT2D eigenvalue weighted by molar-refractivity contribution is 6.46. The standard InChI is InChI=1S/C25H26N2O5/c1-26-11-12-32-20-10-9-16(14-19(20)26)23(29)21-22(15-5-4-8-18(28)13-15)27(25(31)24(21)30)17-6-2-3-7-17/h4-5,8-10,13-14,17,22,28-29H,2-3,6-7,11-12H2,1H3/b23-21-. The van der Waals surface area contributed by atoms with Gasteiger partial charge in [-0.2, -0.15) is 0 Å². The number of anilines is 1. The van der Waals surface area contributed by atoms with Crippen LogP contribution in [0.25, 0.3) is 5.76 Å². The first-order valence-corrected chi connectivity index (χ1v) is 11.0. The number of hydrogen-bond donors (Lipinski definition) is 2. The number of aromatic hydroxyl groups is 1. The predicted molar refractivity (Wildman–Crippen MR) is 120 cm³/mol. The molecule has 1 aliphatic carbocycles. The van der Waals surface area contributed by atoms with E-state index in [1.165, 1.54) is 0 Å². The summed E-state index contributed by atoms with van der Waals surface area (Å²) in [6.45, 7) is 1.30. The Hall–Kier alpha value is -3.48. The van der Waals surface area contributed by atoms with Gasteiger partial charge in [0.05, 0.1) is 23.8 Å². The number of hydrogen-bond acceptors (Lipinski definition) is 6. The molecule has 0 bridgehead atoms. The van der Waals surface area contributed by atoms with E-state index in [0.29, 0.717) is 30.0 Å². The summed E-state index contributed by atoms with van der Waals surface area (Å²) in [5, 5.41) is 21.4. The van der Waals surface area contributed by atoms with Gasteiger partial charge in [-0.15, -0.1) is 0 Å². The van der Waals surface area contributed by atoms with Crippen LogP contribution in [0.1, 0.15) is 42.9 Å².